The molecule has 21 heavy (non-hydrogen) atoms. The van der Waals surface area contributed by atoms with Gasteiger partial charge in [-0.2, -0.15) is 0 Å². The summed E-state index contributed by atoms with van der Waals surface area (Å²) in [5.41, 5.74) is 0. The number of amides is 2. The molecule has 0 aliphatic heterocycles. The molecule has 0 heterocycles. The highest BCUT2D eigenvalue weighted by atomic mass is 16.4. The Labute approximate surface area is 127 Å². The summed E-state index contributed by atoms with van der Waals surface area (Å²) in [6, 6.07) is -0.00334. The number of hydrogen-bond donors (Lipinski definition) is 2. The van der Waals surface area contributed by atoms with E-state index in [1.165, 1.54) is 25.7 Å². The Hall–Kier alpha value is -1.26. The van der Waals surface area contributed by atoms with Crippen molar-refractivity contribution in [2.45, 2.75) is 76.3 Å². The van der Waals surface area contributed by atoms with E-state index in [1.54, 1.807) is 4.90 Å². The molecule has 2 N–H and O–H groups in total. The van der Waals surface area contributed by atoms with Crippen molar-refractivity contribution in [3.63, 3.8) is 0 Å². The molecule has 0 bridgehead atoms. The molecule has 0 aromatic rings. The first-order valence-corrected chi connectivity index (χ1v) is 8.35. The molecule has 5 nitrogen and oxygen atoms in total. The molecule has 2 unspecified atom stereocenters. The van der Waals surface area contributed by atoms with Gasteiger partial charge in [-0.05, 0) is 25.7 Å². The topological polar surface area (TPSA) is 69.6 Å². The lowest BCUT2D eigenvalue weighted by Crippen LogP contribution is -2.51. The SMILES string of the molecule is CN(C(=O)NC1CCCCC1C(=O)O)C1CCCCCC1. The summed E-state index contributed by atoms with van der Waals surface area (Å²) in [5, 5.41) is 12.3. The minimum Gasteiger partial charge on any atom is -0.481 e. The zero-order valence-electron chi connectivity index (χ0n) is 13.0. The van der Waals surface area contributed by atoms with Crippen LogP contribution in [0.15, 0.2) is 0 Å². The third kappa shape index (κ3) is 4.35. The standard InChI is InChI=1S/C16H28N2O3/c1-18(12-8-4-2-3-5-9-12)16(21)17-14-11-7-6-10-13(14)15(19)20/h12-14H,2-11H2,1H3,(H,17,21)(H,19,20). The van der Waals surface area contributed by atoms with E-state index >= 15 is 0 Å². The third-order valence-electron chi connectivity index (χ3n) is 5.08. The van der Waals surface area contributed by atoms with Crippen LogP contribution in [0, 0.1) is 5.92 Å². The molecular formula is C16H28N2O3. The van der Waals surface area contributed by atoms with Crippen LogP contribution < -0.4 is 5.32 Å². The Morgan fingerprint density at radius 2 is 1.52 bits per heavy atom. The zero-order chi connectivity index (χ0) is 15.2. The van der Waals surface area contributed by atoms with Crippen molar-refractivity contribution in [1.29, 1.82) is 0 Å². The van der Waals surface area contributed by atoms with Gasteiger partial charge >= 0.3 is 12.0 Å². The normalized spacial score (nSPS) is 27.7. The largest absolute Gasteiger partial charge is 0.481 e. The second-order valence-corrected chi connectivity index (χ2v) is 6.54. The number of carboxylic acids is 1. The molecular weight excluding hydrogens is 268 g/mol. The lowest BCUT2D eigenvalue weighted by Gasteiger charge is -2.33. The van der Waals surface area contributed by atoms with Gasteiger partial charge in [0.25, 0.3) is 0 Å². The number of nitrogens with one attached hydrogen (secondary N) is 1. The van der Waals surface area contributed by atoms with Crippen LogP contribution in [0.25, 0.3) is 0 Å². The molecule has 2 saturated carbocycles. The molecule has 0 radical (unpaired) electrons. The molecule has 2 atom stereocenters. The van der Waals surface area contributed by atoms with Gasteiger partial charge in [0.05, 0.1) is 5.92 Å². The summed E-state index contributed by atoms with van der Waals surface area (Å²) in [5.74, 6) is -1.21. The molecule has 0 spiro atoms. The maximum absolute atomic E-state index is 12.4. The summed E-state index contributed by atoms with van der Waals surface area (Å²) >= 11 is 0. The fraction of sp³-hybridized carbons (Fsp3) is 0.875. The van der Waals surface area contributed by atoms with Crippen molar-refractivity contribution in [2.75, 3.05) is 7.05 Å². The van der Waals surface area contributed by atoms with Gasteiger partial charge in [-0.3, -0.25) is 4.79 Å². The highest BCUT2D eigenvalue weighted by Gasteiger charge is 2.33. The Bertz CT molecular complexity index is 365. The maximum atomic E-state index is 12.4. The van der Waals surface area contributed by atoms with Gasteiger partial charge in [-0.25, -0.2) is 4.79 Å². The lowest BCUT2D eigenvalue weighted by molar-refractivity contribution is -0.143. The zero-order valence-corrected chi connectivity index (χ0v) is 13.0. The minimum absolute atomic E-state index is 0.0972. The van der Waals surface area contributed by atoms with Crippen molar-refractivity contribution >= 4 is 12.0 Å². The first-order valence-electron chi connectivity index (χ1n) is 8.35. The van der Waals surface area contributed by atoms with Crippen molar-refractivity contribution in [2.24, 2.45) is 5.92 Å². The Morgan fingerprint density at radius 1 is 0.952 bits per heavy atom. The van der Waals surface area contributed by atoms with Crippen molar-refractivity contribution in [3.05, 3.63) is 0 Å². The fourth-order valence-electron chi connectivity index (χ4n) is 3.67. The van der Waals surface area contributed by atoms with E-state index in [0.29, 0.717) is 12.5 Å². The van der Waals surface area contributed by atoms with Crippen LogP contribution in [0.3, 0.4) is 0 Å². The predicted molar refractivity (Wildman–Crippen MR) is 81.2 cm³/mol. The number of hydrogen-bond acceptors (Lipinski definition) is 2. The monoisotopic (exact) mass is 296 g/mol. The summed E-state index contributed by atoms with van der Waals surface area (Å²) in [4.78, 5) is 25.5. The average molecular weight is 296 g/mol. The van der Waals surface area contributed by atoms with Crippen LogP contribution >= 0.6 is 0 Å². The quantitative estimate of drug-likeness (QED) is 0.787. The molecule has 0 aromatic heterocycles. The maximum Gasteiger partial charge on any atom is 0.317 e. The molecule has 2 rings (SSSR count). The van der Waals surface area contributed by atoms with Crippen LogP contribution in [0.5, 0.6) is 0 Å². The minimum atomic E-state index is -0.780. The van der Waals surface area contributed by atoms with E-state index in [1.807, 2.05) is 7.05 Å². The lowest BCUT2D eigenvalue weighted by atomic mass is 9.84. The highest BCUT2D eigenvalue weighted by molar-refractivity contribution is 5.77. The van der Waals surface area contributed by atoms with Gasteiger partial charge in [0.1, 0.15) is 0 Å². The van der Waals surface area contributed by atoms with E-state index in [0.717, 1.165) is 32.1 Å². The van der Waals surface area contributed by atoms with Gasteiger partial charge in [-0.1, -0.05) is 38.5 Å². The first-order chi connectivity index (χ1) is 10.1. The van der Waals surface area contributed by atoms with E-state index in [9.17, 15) is 14.7 Å². The number of nitrogens with zero attached hydrogens (tertiary/aromatic N) is 1. The van der Waals surface area contributed by atoms with Crippen LogP contribution in [-0.4, -0.2) is 41.1 Å². The van der Waals surface area contributed by atoms with E-state index in [4.69, 9.17) is 0 Å². The summed E-state index contributed by atoms with van der Waals surface area (Å²) < 4.78 is 0. The van der Waals surface area contributed by atoms with Crippen LogP contribution in [0.4, 0.5) is 4.79 Å². The second kappa shape index (κ2) is 7.66. The summed E-state index contributed by atoms with van der Waals surface area (Å²) in [7, 11) is 1.85. The first kappa shape index (κ1) is 16.1. The van der Waals surface area contributed by atoms with E-state index in [2.05, 4.69) is 5.32 Å². The molecule has 2 aliphatic rings. The number of aliphatic carboxylic acids is 1. The number of carbonyl (C=O) groups is 2. The smallest absolute Gasteiger partial charge is 0.317 e. The molecule has 5 heteroatoms. The second-order valence-electron chi connectivity index (χ2n) is 6.54. The number of urea groups is 1. The molecule has 2 amide bonds. The molecule has 2 fully saturated rings. The Kier molecular flexibility index (Phi) is 5.88. The Balaban J connectivity index is 1.90. The molecule has 2 aliphatic carbocycles. The summed E-state index contributed by atoms with van der Waals surface area (Å²) in [6.45, 7) is 0. The van der Waals surface area contributed by atoms with Gasteiger partial charge in [0.15, 0.2) is 0 Å². The van der Waals surface area contributed by atoms with E-state index < -0.39 is 11.9 Å². The van der Waals surface area contributed by atoms with Gasteiger partial charge in [0.2, 0.25) is 0 Å². The predicted octanol–water partition coefficient (Wildman–Crippen LogP) is 2.99. The molecule has 0 saturated heterocycles. The van der Waals surface area contributed by atoms with Crippen LogP contribution in [-0.2, 0) is 4.79 Å². The summed E-state index contributed by atoms with van der Waals surface area (Å²) in [6.07, 6.45) is 10.4. The molecule has 0 aromatic carbocycles. The Morgan fingerprint density at radius 3 is 2.14 bits per heavy atom. The van der Waals surface area contributed by atoms with Crippen molar-refractivity contribution < 1.29 is 14.7 Å². The van der Waals surface area contributed by atoms with Gasteiger partial charge in [0, 0.05) is 19.1 Å². The van der Waals surface area contributed by atoms with Gasteiger partial charge < -0.3 is 15.3 Å². The third-order valence-corrected chi connectivity index (χ3v) is 5.08. The van der Waals surface area contributed by atoms with Crippen molar-refractivity contribution in [3.8, 4) is 0 Å². The average Bonchev–Trinajstić information content (AvgIpc) is 2.75. The van der Waals surface area contributed by atoms with E-state index in [-0.39, 0.29) is 12.1 Å². The molecule has 120 valence electrons. The highest BCUT2D eigenvalue weighted by Crippen LogP contribution is 2.26. The number of rotatable bonds is 3. The van der Waals surface area contributed by atoms with Crippen LogP contribution in [0.2, 0.25) is 0 Å². The van der Waals surface area contributed by atoms with Crippen LogP contribution in [0.1, 0.15) is 64.2 Å². The van der Waals surface area contributed by atoms with Gasteiger partial charge in [-0.15, -0.1) is 0 Å². The van der Waals surface area contributed by atoms with Crippen molar-refractivity contribution in [1.82, 2.24) is 10.2 Å². The number of carbonyl (C=O) groups excluding carboxylic acids is 1. The fourth-order valence-corrected chi connectivity index (χ4v) is 3.67. The number of carboxylic acid groups (broad SMARTS) is 1.